The van der Waals surface area contributed by atoms with Crippen LogP contribution in [0.15, 0.2) is 30.3 Å². The van der Waals surface area contributed by atoms with E-state index in [9.17, 15) is 4.79 Å². The maximum atomic E-state index is 10.7. The van der Waals surface area contributed by atoms with Crippen LogP contribution < -0.4 is 5.73 Å². The minimum atomic E-state index is -0.448. The molecular weight excluding hydrogens is 164 g/mol. The van der Waals surface area contributed by atoms with Gasteiger partial charge in [0, 0.05) is 11.6 Å². The Hall–Kier alpha value is -2.08. The van der Waals surface area contributed by atoms with Gasteiger partial charge in [-0.25, -0.2) is 0 Å². The highest BCUT2D eigenvalue weighted by Crippen LogP contribution is 2.05. The van der Waals surface area contributed by atoms with Gasteiger partial charge in [-0.1, -0.05) is 12.1 Å². The molecule has 0 aliphatic heterocycles. The highest BCUT2D eigenvalue weighted by molar-refractivity contribution is 5.92. The molecule has 3 nitrogen and oxygen atoms in total. The summed E-state index contributed by atoms with van der Waals surface area (Å²) in [5.41, 5.74) is 6.39. The van der Waals surface area contributed by atoms with Gasteiger partial charge < -0.3 is 5.73 Å². The molecule has 1 aromatic rings. The number of nitriles is 1. The van der Waals surface area contributed by atoms with E-state index in [1.165, 1.54) is 6.08 Å². The van der Waals surface area contributed by atoms with Crippen molar-refractivity contribution < 1.29 is 4.79 Å². The summed E-state index contributed by atoms with van der Waals surface area (Å²) in [4.78, 5) is 10.7. The maximum Gasteiger partial charge on any atom is 0.248 e. The van der Waals surface area contributed by atoms with E-state index in [0.717, 1.165) is 5.56 Å². The Morgan fingerprint density at radius 1 is 1.38 bits per heavy atom. The number of carbonyl (C=O) groups excluding carboxylic acids is 1. The van der Waals surface area contributed by atoms with Gasteiger partial charge in [0.1, 0.15) is 0 Å². The molecule has 1 aromatic carbocycles. The molecule has 64 valence electrons. The fraction of sp³-hybridized carbons (Fsp3) is 0. The first kappa shape index (κ1) is 9.01. The van der Waals surface area contributed by atoms with Gasteiger partial charge in [0.25, 0.3) is 0 Å². The lowest BCUT2D eigenvalue weighted by atomic mass is 10.1. The zero-order chi connectivity index (χ0) is 9.68. The number of amides is 1. The molecule has 0 saturated heterocycles. The Morgan fingerprint density at radius 2 is 2.00 bits per heavy atom. The average molecular weight is 172 g/mol. The molecule has 0 saturated carbocycles. The third-order valence-electron chi connectivity index (χ3n) is 1.55. The van der Waals surface area contributed by atoms with Gasteiger partial charge >= 0.3 is 0 Å². The molecule has 0 radical (unpaired) electrons. The summed E-state index contributed by atoms with van der Waals surface area (Å²) < 4.78 is 0. The van der Waals surface area contributed by atoms with Crippen molar-refractivity contribution in [3.8, 4) is 6.07 Å². The summed E-state index contributed by atoms with van der Waals surface area (Å²) in [6.45, 7) is 0. The second-order valence-electron chi connectivity index (χ2n) is 2.45. The summed E-state index contributed by atoms with van der Waals surface area (Å²) in [5, 5.41) is 8.26. The van der Waals surface area contributed by atoms with Gasteiger partial charge in [-0.05, 0) is 23.8 Å². The molecule has 0 aliphatic rings. The third-order valence-corrected chi connectivity index (χ3v) is 1.55. The Bertz CT molecular complexity index is 371. The first-order valence-electron chi connectivity index (χ1n) is 3.70. The standard InChI is InChI=1S/C10H8N2O/c11-7-1-2-8-3-5-9(6-4-8)10(12)13/h1-6H,(H2,12,13). The van der Waals surface area contributed by atoms with E-state index in [1.807, 2.05) is 6.07 Å². The SMILES string of the molecule is N#CC=Cc1ccc(C(N)=O)cc1. The minimum absolute atomic E-state index is 0.448. The Kier molecular flexibility index (Phi) is 2.82. The van der Waals surface area contributed by atoms with E-state index in [1.54, 1.807) is 30.3 Å². The van der Waals surface area contributed by atoms with Crippen molar-refractivity contribution in [2.45, 2.75) is 0 Å². The van der Waals surface area contributed by atoms with Crippen molar-refractivity contribution in [1.82, 2.24) is 0 Å². The van der Waals surface area contributed by atoms with E-state index in [4.69, 9.17) is 11.0 Å². The van der Waals surface area contributed by atoms with Crippen molar-refractivity contribution in [2.24, 2.45) is 5.73 Å². The van der Waals surface area contributed by atoms with Crippen LogP contribution in [0.5, 0.6) is 0 Å². The molecule has 13 heavy (non-hydrogen) atoms. The van der Waals surface area contributed by atoms with Crippen molar-refractivity contribution >= 4 is 12.0 Å². The minimum Gasteiger partial charge on any atom is -0.366 e. The number of primary amides is 1. The van der Waals surface area contributed by atoms with E-state index >= 15 is 0 Å². The van der Waals surface area contributed by atoms with E-state index < -0.39 is 5.91 Å². The molecule has 0 bridgehead atoms. The van der Waals surface area contributed by atoms with Gasteiger partial charge in [0.05, 0.1) is 6.07 Å². The number of hydrogen-bond donors (Lipinski definition) is 1. The predicted octanol–water partition coefficient (Wildman–Crippen LogP) is 1.32. The van der Waals surface area contributed by atoms with E-state index in [2.05, 4.69) is 0 Å². The van der Waals surface area contributed by atoms with Crippen molar-refractivity contribution in [3.05, 3.63) is 41.5 Å². The second-order valence-corrected chi connectivity index (χ2v) is 2.45. The smallest absolute Gasteiger partial charge is 0.248 e. The van der Waals surface area contributed by atoms with Crippen molar-refractivity contribution in [1.29, 1.82) is 5.26 Å². The zero-order valence-electron chi connectivity index (χ0n) is 6.90. The molecule has 1 amide bonds. The van der Waals surface area contributed by atoms with Gasteiger partial charge in [-0.2, -0.15) is 5.26 Å². The van der Waals surface area contributed by atoms with Crippen LogP contribution in [-0.4, -0.2) is 5.91 Å². The number of nitrogens with zero attached hydrogens (tertiary/aromatic N) is 1. The first-order valence-corrected chi connectivity index (χ1v) is 3.70. The van der Waals surface area contributed by atoms with Crippen LogP contribution in [0.1, 0.15) is 15.9 Å². The second kappa shape index (κ2) is 4.07. The van der Waals surface area contributed by atoms with Crippen LogP contribution in [-0.2, 0) is 0 Å². The number of hydrogen-bond acceptors (Lipinski definition) is 2. The van der Waals surface area contributed by atoms with Crippen LogP contribution in [0, 0.1) is 11.3 Å². The molecule has 2 N–H and O–H groups in total. The third kappa shape index (κ3) is 2.46. The summed E-state index contributed by atoms with van der Waals surface area (Å²) in [6, 6.07) is 8.59. The summed E-state index contributed by atoms with van der Waals surface area (Å²) in [7, 11) is 0. The molecule has 0 aromatic heterocycles. The topological polar surface area (TPSA) is 66.9 Å². The van der Waals surface area contributed by atoms with E-state index in [-0.39, 0.29) is 0 Å². The van der Waals surface area contributed by atoms with E-state index in [0.29, 0.717) is 5.56 Å². The first-order chi connectivity index (χ1) is 6.24. The summed E-state index contributed by atoms with van der Waals surface area (Å²) in [5.74, 6) is -0.448. The normalized spacial score (nSPS) is 9.77. The molecule has 0 atom stereocenters. The van der Waals surface area contributed by atoms with Crippen LogP contribution in [0.2, 0.25) is 0 Å². The maximum absolute atomic E-state index is 10.7. The van der Waals surface area contributed by atoms with Crippen LogP contribution >= 0.6 is 0 Å². The molecular formula is C10H8N2O. The molecule has 0 unspecified atom stereocenters. The number of allylic oxidation sites excluding steroid dienone is 1. The lowest BCUT2D eigenvalue weighted by molar-refractivity contribution is 0.100. The Morgan fingerprint density at radius 3 is 2.46 bits per heavy atom. The zero-order valence-corrected chi connectivity index (χ0v) is 6.90. The van der Waals surface area contributed by atoms with Gasteiger partial charge in [0.15, 0.2) is 0 Å². The van der Waals surface area contributed by atoms with Crippen molar-refractivity contribution in [3.63, 3.8) is 0 Å². The predicted molar refractivity (Wildman–Crippen MR) is 49.6 cm³/mol. The lowest BCUT2D eigenvalue weighted by Crippen LogP contribution is -2.10. The monoisotopic (exact) mass is 172 g/mol. The average Bonchev–Trinajstić information content (AvgIpc) is 2.15. The molecule has 0 heterocycles. The number of rotatable bonds is 2. The molecule has 0 fully saturated rings. The Balaban J connectivity index is 2.89. The van der Waals surface area contributed by atoms with Gasteiger partial charge in [-0.3, -0.25) is 4.79 Å². The highest BCUT2D eigenvalue weighted by atomic mass is 16.1. The largest absolute Gasteiger partial charge is 0.366 e. The quantitative estimate of drug-likeness (QED) is 0.683. The molecule has 0 spiro atoms. The fourth-order valence-electron chi connectivity index (χ4n) is 0.892. The van der Waals surface area contributed by atoms with Crippen molar-refractivity contribution in [2.75, 3.05) is 0 Å². The van der Waals surface area contributed by atoms with Crippen LogP contribution in [0.25, 0.3) is 6.08 Å². The highest BCUT2D eigenvalue weighted by Gasteiger charge is 1.97. The molecule has 1 rings (SSSR count). The fourth-order valence-corrected chi connectivity index (χ4v) is 0.892. The number of carbonyl (C=O) groups is 1. The molecule has 3 heteroatoms. The Labute approximate surface area is 76.1 Å². The lowest BCUT2D eigenvalue weighted by Gasteiger charge is -1.95. The van der Waals surface area contributed by atoms with Crippen LogP contribution in [0.3, 0.4) is 0 Å². The van der Waals surface area contributed by atoms with Gasteiger partial charge in [0.2, 0.25) is 5.91 Å². The number of benzene rings is 1. The molecule has 0 aliphatic carbocycles. The summed E-state index contributed by atoms with van der Waals surface area (Å²) in [6.07, 6.45) is 3.03. The number of nitrogens with two attached hydrogens (primary N) is 1. The van der Waals surface area contributed by atoms with Gasteiger partial charge in [-0.15, -0.1) is 0 Å². The van der Waals surface area contributed by atoms with Crippen LogP contribution in [0.4, 0.5) is 0 Å². The summed E-state index contributed by atoms with van der Waals surface area (Å²) >= 11 is 0.